The van der Waals surface area contributed by atoms with Crippen LogP contribution in [-0.4, -0.2) is 9.97 Å². The Morgan fingerprint density at radius 3 is 1.43 bits per heavy atom. The summed E-state index contributed by atoms with van der Waals surface area (Å²) in [6.07, 6.45) is 3.77. The zero-order valence-corrected chi connectivity index (χ0v) is 25.1. The van der Waals surface area contributed by atoms with Crippen molar-refractivity contribution < 1.29 is 0 Å². The minimum atomic E-state index is 0.867. The molecule has 0 bridgehead atoms. The molecule has 2 nitrogen and oxygen atoms in total. The minimum Gasteiger partial charge on any atom is -0.255 e. The Kier molecular flexibility index (Phi) is 6.17. The summed E-state index contributed by atoms with van der Waals surface area (Å²) in [5.41, 5.74) is 8.90. The highest BCUT2D eigenvalue weighted by Gasteiger charge is 2.18. The van der Waals surface area contributed by atoms with Crippen LogP contribution in [0.1, 0.15) is 0 Å². The number of nitrogens with zero attached hydrogens (tertiary/aromatic N) is 2. The number of fused-ring (bicyclic) bond motifs is 4. The van der Waals surface area contributed by atoms with Gasteiger partial charge in [0.05, 0.1) is 11.4 Å². The maximum Gasteiger partial charge on any atom is 0.0886 e. The number of hydrogen-bond donors (Lipinski definition) is 0. The summed E-state index contributed by atoms with van der Waals surface area (Å²) < 4.78 is 0. The van der Waals surface area contributed by atoms with Crippen LogP contribution in [-0.2, 0) is 0 Å². The molecule has 0 aliphatic carbocycles. The predicted octanol–water partition coefficient (Wildman–Crippen LogP) is 11.8. The van der Waals surface area contributed by atoms with Crippen molar-refractivity contribution in [2.75, 3.05) is 0 Å². The van der Waals surface area contributed by atoms with E-state index in [9.17, 15) is 0 Å². The first-order chi connectivity index (χ1) is 22.8. The lowest BCUT2D eigenvalue weighted by Crippen LogP contribution is -1.92. The van der Waals surface area contributed by atoms with Crippen molar-refractivity contribution in [1.29, 1.82) is 0 Å². The molecule has 0 saturated heterocycles. The van der Waals surface area contributed by atoms with Gasteiger partial charge in [-0.25, -0.2) is 0 Å². The third kappa shape index (κ3) is 4.43. The molecule has 0 saturated carbocycles. The van der Waals surface area contributed by atoms with E-state index in [-0.39, 0.29) is 0 Å². The molecule has 0 aliphatic rings. The predicted molar refractivity (Wildman–Crippen MR) is 194 cm³/mol. The van der Waals surface area contributed by atoms with Crippen molar-refractivity contribution in [3.05, 3.63) is 170 Å². The Bertz CT molecular complexity index is 2570. The number of benzene rings is 7. The minimum absolute atomic E-state index is 0.867. The second-order valence-corrected chi connectivity index (χ2v) is 11.8. The fourth-order valence-corrected chi connectivity index (χ4v) is 6.90. The van der Waals surface area contributed by atoms with Crippen LogP contribution in [0.4, 0.5) is 0 Å². The third-order valence-electron chi connectivity index (χ3n) is 9.12. The molecule has 2 aromatic heterocycles. The third-order valence-corrected chi connectivity index (χ3v) is 9.12. The van der Waals surface area contributed by atoms with Gasteiger partial charge in [-0.2, -0.15) is 0 Å². The SMILES string of the molecule is c1ccc(-c2ccc(-c3ccc4c(-c5ccc6ccccc6c5)c5ccccc5c(-c5ccc6ccccc6c5)c4c3)cn2)nc1. The van der Waals surface area contributed by atoms with Gasteiger partial charge in [0.1, 0.15) is 0 Å². The van der Waals surface area contributed by atoms with Crippen LogP contribution in [0.5, 0.6) is 0 Å². The molecule has 0 amide bonds. The second-order valence-electron chi connectivity index (χ2n) is 11.8. The largest absolute Gasteiger partial charge is 0.255 e. The van der Waals surface area contributed by atoms with Crippen molar-refractivity contribution in [3.63, 3.8) is 0 Å². The first-order valence-electron chi connectivity index (χ1n) is 15.6. The van der Waals surface area contributed by atoms with Crippen LogP contribution in [0, 0.1) is 0 Å². The summed E-state index contributed by atoms with van der Waals surface area (Å²) in [5.74, 6) is 0. The molecule has 9 aromatic rings. The summed E-state index contributed by atoms with van der Waals surface area (Å²) in [6.45, 7) is 0. The number of hydrogen-bond acceptors (Lipinski definition) is 2. The molecule has 0 radical (unpaired) electrons. The summed E-state index contributed by atoms with van der Waals surface area (Å²) >= 11 is 0. The Hall–Kier alpha value is -6.12. The smallest absolute Gasteiger partial charge is 0.0886 e. The Morgan fingerprint density at radius 2 is 0.826 bits per heavy atom. The van der Waals surface area contributed by atoms with Crippen LogP contribution < -0.4 is 0 Å². The van der Waals surface area contributed by atoms with Crippen molar-refractivity contribution in [3.8, 4) is 44.8 Å². The number of rotatable bonds is 4. The lowest BCUT2D eigenvalue weighted by molar-refractivity contribution is 1.25. The molecular formula is C44H28N2. The van der Waals surface area contributed by atoms with Crippen molar-refractivity contribution in [1.82, 2.24) is 9.97 Å². The molecule has 214 valence electrons. The lowest BCUT2D eigenvalue weighted by atomic mass is 9.84. The van der Waals surface area contributed by atoms with E-state index >= 15 is 0 Å². The number of aromatic nitrogens is 2. The van der Waals surface area contributed by atoms with E-state index in [1.807, 2.05) is 24.4 Å². The van der Waals surface area contributed by atoms with E-state index in [4.69, 9.17) is 4.98 Å². The monoisotopic (exact) mass is 584 g/mol. The number of pyridine rings is 2. The van der Waals surface area contributed by atoms with Gasteiger partial charge < -0.3 is 0 Å². The fraction of sp³-hybridized carbons (Fsp3) is 0. The summed E-state index contributed by atoms with van der Waals surface area (Å²) in [6, 6.07) is 56.8. The molecule has 0 aliphatic heterocycles. The van der Waals surface area contributed by atoms with Gasteiger partial charge in [0.15, 0.2) is 0 Å². The lowest BCUT2D eigenvalue weighted by Gasteiger charge is -2.19. The van der Waals surface area contributed by atoms with Crippen LogP contribution in [0.15, 0.2) is 170 Å². The Balaban J connectivity index is 1.33. The molecule has 2 heterocycles. The highest BCUT2D eigenvalue weighted by molar-refractivity contribution is 6.22. The van der Waals surface area contributed by atoms with Gasteiger partial charge in [0, 0.05) is 18.0 Å². The first kappa shape index (κ1) is 26.3. The van der Waals surface area contributed by atoms with Gasteiger partial charge >= 0.3 is 0 Å². The topological polar surface area (TPSA) is 25.8 Å². The highest BCUT2D eigenvalue weighted by Crippen LogP contribution is 2.45. The molecule has 0 spiro atoms. The van der Waals surface area contributed by atoms with Crippen molar-refractivity contribution in [2.24, 2.45) is 0 Å². The molecule has 0 atom stereocenters. The average Bonchev–Trinajstić information content (AvgIpc) is 3.13. The standard InChI is InChI=1S/C44H28N2/c1-3-11-31-25-34(18-16-29(31)9-1)43-37-13-5-6-14-38(37)44(35-19-17-30-10-2-4-12-32(30)26-35)40-27-33(20-22-39(40)43)36-21-23-42(46-28-36)41-15-7-8-24-45-41/h1-28H. The van der Waals surface area contributed by atoms with Gasteiger partial charge in [-0.05, 0) is 107 Å². The van der Waals surface area contributed by atoms with Crippen LogP contribution >= 0.6 is 0 Å². The normalized spacial score (nSPS) is 11.5. The maximum absolute atomic E-state index is 4.80. The molecule has 0 unspecified atom stereocenters. The van der Waals surface area contributed by atoms with Gasteiger partial charge in [-0.3, -0.25) is 9.97 Å². The van der Waals surface area contributed by atoms with E-state index in [1.54, 1.807) is 6.20 Å². The Morgan fingerprint density at radius 1 is 0.304 bits per heavy atom. The molecule has 46 heavy (non-hydrogen) atoms. The van der Waals surface area contributed by atoms with E-state index in [1.165, 1.54) is 65.3 Å². The fourth-order valence-electron chi connectivity index (χ4n) is 6.90. The van der Waals surface area contributed by atoms with E-state index in [2.05, 4.69) is 145 Å². The van der Waals surface area contributed by atoms with E-state index in [0.29, 0.717) is 0 Å². The zero-order chi connectivity index (χ0) is 30.5. The van der Waals surface area contributed by atoms with Gasteiger partial charge in [0.2, 0.25) is 0 Å². The second kappa shape index (κ2) is 10.8. The Labute approximate surface area is 267 Å². The highest BCUT2D eigenvalue weighted by atomic mass is 14.8. The summed E-state index contributed by atoms with van der Waals surface area (Å²) in [7, 11) is 0. The van der Waals surface area contributed by atoms with Gasteiger partial charge in [0.25, 0.3) is 0 Å². The van der Waals surface area contributed by atoms with Gasteiger partial charge in [-0.15, -0.1) is 0 Å². The molecule has 2 heteroatoms. The van der Waals surface area contributed by atoms with Crippen LogP contribution in [0.25, 0.3) is 87.9 Å². The molecule has 9 rings (SSSR count). The molecular weight excluding hydrogens is 556 g/mol. The van der Waals surface area contributed by atoms with Gasteiger partial charge in [-0.1, -0.05) is 121 Å². The van der Waals surface area contributed by atoms with Crippen LogP contribution in [0.2, 0.25) is 0 Å². The maximum atomic E-state index is 4.80. The summed E-state index contributed by atoms with van der Waals surface area (Å²) in [4.78, 5) is 9.28. The van der Waals surface area contributed by atoms with E-state index < -0.39 is 0 Å². The molecule has 7 aromatic carbocycles. The van der Waals surface area contributed by atoms with Crippen LogP contribution in [0.3, 0.4) is 0 Å². The van der Waals surface area contributed by atoms with E-state index in [0.717, 1.165) is 22.5 Å². The quantitative estimate of drug-likeness (QED) is 0.192. The molecule has 0 N–H and O–H groups in total. The van der Waals surface area contributed by atoms with Crippen molar-refractivity contribution >= 4 is 43.1 Å². The molecule has 0 fully saturated rings. The zero-order valence-electron chi connectivity index (χ0n) is 25.1. The average molecular weight is 585 g/mol. The first-order valence-corrected chi connectivity index (χ1v) is 15.6. The summed E-state index contributed by atoms with van der Waals surface area (Å²) in [5, 5.41) is 9.93. The van der Waals surface area contributed by atoms with Crippen molar-refractivity contribution in [2.45, 2.75) is 0 Å².